The van der Waals surface area contributed by atoms with Crippen LogP contribution in [-0.4, -0.2) is 19.6 Å². The van der Waals surface area contributed by atoms with E-state index in [1.165, 1.54) is 6.07 Å². The fraction of sp³-hybridized carbons (Fsp3) is 0.462. The van der Waals surface area contributed by atoms with Crippen molar-refractivity contribution in [1.29, 1.82) is 0 Å². The highest BCUT2D eigenvalue weighted by Gasteiger charge is 2.02. The molecule has 5 heteroatoms. The first-order valence-corrected chi connectivity index (χ1v) is 6.43. The fourth-order valence-corrected chi connectivity index (χ4v) is 1.64. The highest BCUT2D eigenvalue weighted by atomic mass is 35.5. The molecule has 3 nitrogen and oxygen atoms in total. The van der Waals surface area contributed by atoms with Crippen LogP contribution in [0.5, 0.6) is 0 Å². The van der Waals surface area contributed by atoms with Crippen LogP contribution in [0.4, 0.5) is 4.39 Å². The Bertz CT molecular complexity index is 407. The molecule has 0 radical (unpaired) electrons. The maximum atomic E-state index is 13.0. The lowest BCUT2D eigenvalue weighted by molar-refractivity contribution is 0.627. The molecule has 0 aliphatic rings. The van der Waals surface area contributed by atoms with E-state index >= 15 is 0 Å². The maximum Gasteiger partial charge on any atom is 0.191 e. The van der Waals surface area contributed by atoms with Crippen LogP contribution in [0.25, 0.3) is 0 Å². The second kappa shape index (κ2) is 7.93. The smallest absolute Gasteiger partial charge is 0.191 e. The van der Waals surface area contributed by atoms with Crippen molar-refractivity contribution >= 4 is 17.6 Å². The highest BCUT2D eigenvalue weighted by Crippen LogP contribution is 2.15. The van der Waals surface area contributed by atoms with Crippen molar-refractivity contribution < 1.29 is 4.39 Å². The fourth-order valence-electron chi connectivity index (χ4n) is 1.44. The molecule has 0 amide bonds. The summed E-state index contributed by atoms with van der Waals surface area (Å²) in [7, 11) is 1.72. The normalized spacial score (nSPS) is 11.4. The third kappa shape index (κ3) is 4.92. The molecular formula is C13H19ClFN3. The minimum atomic E-state index is -0.397. The topological polar surface area (TPSA) is 36.4 Å². The lowest BCUT2D eigenvalue weighted by Gasteiger charge is -2.11. The predicted octanol–water partition coefficient (Wildman–Crippen LogP) is 2.94. The molecule has 2 N–H and O–H groups in total. The van der Waals surface area contributed by atoms with Crippen LogP contribution in [0.15, 0.2) is 23.2 Å². The van der Waals surface area contributed by atoms with E-state index in [1.807, 2.05) is 0 Å². The SMILES string of the molecule is CCCCNC(=NC)NCc1ccc(F)c(Cl)c1. The van der Waals surface area contributed by atoms with Gasteiger partial charge in [-0.2, -0.15) is 0 Å². The molecule has 0 aliphatic heterocycles. The van der Waals surface area contributed by atoms with Gasteiger partial charge in [-0.15, -0.1) is 0 Å². The summed E-state index contributed by atoms with van der Waals surface area (Å²) < 4.78 is 13.0. The lowest BCUT2D eigenvalue weighted by atomic mass is 10.2. The van der Waals surface area contributed by atoms with Crippen LogP contribution in [0.2, 0.25) is 5.02 Å². The molecule has 1 rings (SSSR count). The molecule has 100 valence electrons. The summed E-state index contributed by atoms with van der Waals surface area (Å²) in [4.78, 5) is 4.10. The molecule has 1 aromatic rings. The molecule has 0 saturated carbocycles. The van der Waals surface area contributed by atoms with Gasteiger partial charge in [0.15, 0.2) is 5.96 Å². The van der Waals surface area contributed by atoms with Gasteiger partial charge in [0.2, 0.25) is 0 Å². The van der Waals surface area contributed by atoms with Crippen LogP contribution in [0, 0.1) is 5.82 Å². The molecule has 0 fully saturated rings. The summed E-state index contributed by atoms with van der Waals surface area (Å²) in [5, 5.41) is 6.49. The van der Waals surface area contributed by atoms with Crippen molar-refractivity contribution in [2.45, 2.75) is 26.3 Å². The number of benzene rings is 1. The number of guanidine groups is 1. The van der Waals surface area contributed by atoms with Crippen molar-refractivity contribution in [2.24, 2.45) is 4.99 Å². The second-order valence-corrected chi connectivity index (χ2v) is 4.36. The van der Waals surface area contributed by atoms with Crippen LogP contribution in [0.1, 0.15) is 25.3 Å². The number of nitrogens with zero attached hydrogens (tertiary/aromatic N) is 1. The average molecular weight is 272 g/mol. The van der Waals surface area contributed by atoms with Gasteiger partial charge in [0.1, 0.15) is 5.82 Å². The van der Waals surface area contributed by atoms with E-state index in [-0.39, 0.29) is 5.02 Å². The predicted molar refractivity (Wildman–Crippen MR) is 74.5 cm³/mol. The van der Waals surface area contributed by atoms with Gasteiger partial charge in [-0.3, -0.25) is 4.99 Å². The minimum Gasteiger partial charge on any atom is -0.356 e. The van der Waals surface area contributed by atoms with Crippen LogP contribution >= 0.6 is 11.6 Å². The molecule has 0 saturated heterocycles. The number of nitrogens with one attached hydrogen (secondary N) is 2. The number of halogens is 2. The first-order chi connectivity index (χ1) is 8.67. The van der Waals surface area contributed by atoms with Crippen LogP contribution in [0.3, 0.4) is 0 Å². The zero-order valence-corrected chi connectivity index (χ0v) is 11.5. The third-order valence-corrected chi connectivity index (χ3v) is 2.78. The molecule has 0 heterocycles. The van der Waals surface area contributed by atoms with Gasteiger partial charge in [0.05, 0.1) is 5.02 Å². The number of aliphatic imine (C=N–C) groups is 1. The maximum absolute atomic E-state index is 13.0. The van der Waals surface area contributed by atoms with Gasteiger partial charge in [0.25, 0.3) is 0 Å². The van der Waals surface area contributed by atoms with Gasteiger partial charge in [-0.05, 0) is 24.1 Å². The van der Waals surface area contributed by atoms with Gasteiger partial charge < -0.3 is 10.6 Å². The van der Waals surface area contributed by atoms with Gasteiger partial charge in [-0.1, -0.05) is 31.0 Å². The Labute approximate surface area is 112 Å². The Morgan fingerprint density at radius 3 is 2.78 bits per heavy atom. The van der Waals surface area contributed by atoms with E-state index in [1.54, 1.807) is 19.2 Å². The Morgan fingerprint density at radius 2 is 2.17 bits per heavy atom. The zero-order chi connectivity index (χ0) is 13.4. The Balaban J connectivity index is 2.45. The molecular weight excluding hydrogens is 253 g/mol. The molecule has 0 aromatic heterocycles. The molecule has 0 aliphatic carbocycles. The van der Waals surface area contributed by atoms with Crippen molar-refractivity contribution in [3.8, 4) is 0 Å². The summed E-state index contributed by atoms with van der Waals surface area (Å²) >= 11 is 5.72. The van der Waals surface area contributed by atoms with Gasteiger partial charge in [-0.25, -0.2) is 4.39 Å². The van der Waals surface area contributed by atoms with E-state index < -0.39 is 5.82 Å². The lowest BCUT2D eigenvalue weighted by Crippen LogP contribution is -2.37. The second-order valence-electron chi connectivity index (χ2n) is 3.95. The highest BCUT2D eigenvalue weighted by molar-refractivity contribution is 6.30. The molecule has 18 heavy (non-hydrogen) atoms. The zero-order valence-electron chi connectivity index (χ0n) is 10.8. The summed E-state index contributed by atoms with van der Waals surface area (Å²) in [6.07, 6.45) is 2.24. The van der Waals surface area contributed by atoms with Crippen LogP contribution < -0.4 is 10.6 Å². The van der Waals surface area contributed by atoms with Gasteiger partial charge in [0, 0.05) is 20.1 Å². The van der Waals surface area contributed by atoms with E-state index in [9.17, 15) is 4.39 Å². The van der Waals surface area contributed by atoms with Crippen LogP contribution in [-0.2, 0) is 6.54 Å². The standard InChI is InChI=1S/C13H19ClFN3/c1-3-4-7-17-13(16-2)18-9-10-5-6-12(15)11(14)8-10/h5-6,8H,3-4,7,9H2,1-2H3,(H2,16,17,18). The number of unbranched alkanes of at least 4 members (excludes halogenated alkanes) is 1. The van der Waals surface area contributed by atoms with Crippen molar-refractivity contribution in [2.75, 3.05) is 13.6 Å². The largest absolute Gasteiger partial charge is 0.356 e. The van der Waals surface area contributed by atoms with Crippen molar-refractivity contribution in [3.05, 3.63) is 34.6 Å². The summed E-state index contributed by atoms with van der Waals surface area (Å²) in [6.45, 7) is 3.59. The summed E-state index contributed by atoms with van der Waals surface area (Å²) in [5.74, 6) is 0.342. The van der Waals surface area contributed by atoms with Crippen molar-refractivity contribution in [1.82, 2.24) is 10.6 Å². The van der Waals surface area contributed by atoms with E-state index in [0.29, 0.717) is 6.54 Å². The average Bonchev–Trinajstić information content (AvgIpc) is 2.37. The summed E-state index contributed by atoms with van der Waals surface area (Å²) in [6, 6.07) is 4.68. The molecule has 0 spiro atoms. The number of hydrogen-bond acceptors (Lipinski definition) is 1. The van der Waals surface area contributed by atoms with Gasteiger partial charge >= 0.3 is 0 Å². The van der Waals surface area contributed by atoms with Crippen molar-refractivity contribution in [3.63, 3.8) is 0 Å². The molecule has 0 bridgehead atoms. The monoisotopic (exact) mass is 271 g/mol. The third-order valence-electron chi connectivity index (χ3n) is 2.49. The number of hydrogen-bond donors (Lipinski definition) is 2. The Kier molecular flexibility index (Phi) is 6.50. The molecule has 1 aromatic carbocycles. The van der Waals surface area contributed by atoms with E-state index in [4.69, 9.17) is 11.6 Å². The first-order valence-electron chi connectivity index (χ1n) is 6.05. The quantitative estimate of drug-likeness (QED) is 0.491. The Morgan fingerprint density at radius 1 is 1.39 bits per heavy atom. The summed E-state index contributed by atoms with van der Waals surface area (Å²) in [5.41, 5.74) is 0.917. The molecule has 0 unspecified atom stereocenters. The number of rotatable bonds is 5. The van der Waals surface area contributed by atoms with E-state index in [2.05, 4.69) is 22.5 Å². The minimum absolute atomic E-state index is 0.142. The molecule has 0 atom stereocenters. The van der Waals surface area contributed by atoms with E-state index in [0.717, 1.165) is 30.9 Å². The first kappa shape index (κ1) is 14.8. The Hall–Kier alpha value is -1.29.